The van der Waals surface area contributed by atoms with Gasteiger partial charge in [-0.1, -0.05) is 29.8 Å². The van der Waals surface area contributed by atoms with Crippen LogP contribution in [0.5, 0.6) is 11.5 Å². The number of amides is 1. The Bertz CT molecular complexity index is 1240. The maximum atomic E-state index is 12.7. The molecule has 0 saturated carbocycles. The van der Waals surface area contributed by atoms with Crippen molar-refractivity contribution in [2.45, 2.75) is 20.5 Å². The van der Waals surface area contributed by atoms with Crippen LogP contribution in [0.1, 0.15) is 23.6 Å². The number of anilines is 2. The van der Waals surface area contributed by atoms with Crippen LogP contribution >= 0.6 is 22.6 Å². The van der Waals surface area contributed by atoms with Crippen LogP contribution in [0.25, 0.3) is 6.08 Å². The molecule has 0 atom stereocenters. The molecular weight excluding hydrogens is 553 g/mol. The Labute approximate surface area is 220 Å². The molecule has 0 heterocycles. The topological polar surface area (TPSA) is 74.6 Å². The van der Waals surface area contributed by atoms with Crippen LogP contribution in [-0.2, 0) is 11.4 Å². The van der Waals surface area contributed by atoms with Crippen LogP contribution < -0.4 is 19.7 Å². The molecule has 0 aliphatic rings. The van der Waals surface area contributed by atoms with Gasteiger partial charge in [0.25, 0.3) is 5.91 Å². The molecule has 0 aliphatic heterocycles. The second-order valence-corrected chi connectivity index (χ2v) is 9.26. The maximum Gasteiger partial charge on any atom is 0.266 e. The van der Waals surface area contributed by atoms with Gasteiger partial charge in [0.15, 0.2) is 11.5 Å². The Morgan fingerprint density at radius 2 is 1.77 bits per heavy atom. The first-order chi connectivity index (χ1) is 16.8. The van der Waals surface area contributed by atoms with E-state index >= 15 is 0 Å². The molecule has 0 fully saturated rings. The van der Waals surface area contributed by atoms with Crippen LogP contribution in [-0.4, -0.2) is 26.6 Å². The first kappa shape index (κ1) is 26.1. The van der Waals surface area contributed by atoms with Crippen molar-refractivity contribution < 1.29 is 14.3 Å². The molecule has 0 aromatic heterocycles. The molecule has 0 bridgehead atoms. The lowest BCUT2D eigenvalue weighted by Crippen LogP contribution is -2.14. The van der Waals surface area contributed by atoms with Gasteiger partial charge < -0.3 is 19.7 Å². The summed E-state index contributed by atoms with van der Waals surface area (Å²) >= 11 is 2.18. The highest BCUT2D eigenvalue weighted by atomic mass is 127. The molecule has 0 aliphatic carbocycles. The van der Waals surface area contributed by atoms with Crippen LogP contribution in [0.3, 0.4) is 0 Å². The van der Waals surface area contributed by atoms with E-state index in [0.29, 0.717) is 36.0 Å². The largest absolute Gasteiger partial charge is 0.490 e. The number of rotatable bonds is 9. The summed E-state index contributed by atoms with van der Waals surface area (Å²) in [6.07, 6.45) is 1.55. The molecule has 3 aromatic rings. The maximum absolute atomic E-state index is 12.7. The minimum atomic E-state index is -0.474. The van der Waals surface area contributed by atoms with Crippen molar-refractivity contribution in [3.05, 3.63) is 86.5 Å². The molecule has 0 spiro atoms. The fourth-order valence-corrected chi connectivity index (χ4v) is 4.05. The van der Waals surface area contributed by atoms with Crippen LogP contribution in [0.15, 0.2) is 66.2 Å². The van der Waals surface area contributed by atoms with E-state index < -0.39 is 5.91 Å². The zero-order valence-electron chi connectivity index (χ0n) is 20.3. The first-order valence-electron chi connectivity index (χ1n) is 11.2. The highest BCUT2D eigenvalue weighted by molar-refractivity contribution is 14.1. The molecule has 0 saturated heterocycles. The van der Waals surface area contributed by atoms with Crippen molar-refractivity contribution in [2.75, 3.05) is 30.9 Å². The van der Waals surface area contributed by atoms with E-state index in [2.05, 4.69) is 27.9 Å². The van der Waals surface area contributed by atoms with Crippen molar-refractivity contribution in [1.29, 1.82) is 5.26 Å². The van der Waals surface area contributed by atoms with Crippen LogP contribution in [0, 0.1) is 21.8 Å². The number of aryl methyl sites for hydroxylation is 1. The van der Waals surface area contributed by atoms with Gasteiger partial charge in [-0.15, -0.1) is 0 Å². The SMILES string of the molecule is CCOc1cc(/C=C(/C#N)C(=O)Nc2ccc(N(C)C)cc2)cc(I)c1OCc1ccc(C)cc1. The number of hydrogen-bond donors (Lipinski definition) is 1. The summed E-state index contributed by atoms with van der Waals surface area (Å²) in [5, 5.41) is 12.4. The fourth-order valence-electron chi connectivity index (χ4n) is 3.27. The van der Waals surface area contributed by atoms with Gasteiger partial charge in [-0.25, -0.2) is 0 Å². The molecule has 0 radical (unpaired) electrons. The van der Waals surface area contributed by atoms with E-state index in [0.717, 1.165) is 14.8 Å². The minimum absolute atomic E-state index is 0.00624. The zero-order chi connectivity index (χ0) is 25.4. The number of hydrogen-bond acceptors (Lipinski definition) is 5. The Balaban J connectivity index is 1.81. The first-order valence-corrected chi connectivity index (χ1v) is 12.2. The van der Waals surface area contributed by atoms with Crippen molar-refractivity contribution in [3.8, 4) is 17.6 Å². The highest BCUT2D eigenvalue weighted by Crippen LogP contribution is 2.35. The second kappa shape index (κ2) is 12.3. The lowest BCUT2D eigenvalue weighted by atomic mass is 10.1. The molecule has 6 nitrogen and oxygen atoms in total. The van der Waals surface area contributed by atoms with Crippen molar-refractivity contribution in [2.24, 2.45) is 0 Å². The normalized spacial score (nSPS) is 10.9. The van der Waals surface area contributed by atoms with Gasteiger partial charge in [-0.05, 0) is 90.0 Å². The van der Waals surface area contributed by atoms with Crippen LogP contribution in [0.4, 0.5) is 11.4 Å². The lowest BCUT2D eigenvalue weighted by Gasteiger charge is -2.15. The van der Waals surface area contributed by atoms with E-state index in [1.807, 2.05) is 81.4 Å². The number of ether oxygens (including phenoxy) is 2. The summed E-state index contributed by atoms with van der Waals surface area (Å²) in [6.45, 7) is 4.81. The number of benzene rings is 3. The molecule has 180 valence electrons. The molecule has 1 amide bonds. The monoisotopic (exact) mass is 581 g/mol. The summed E-state index contributed by atoms with van der Waals surface area (Å²) < 4.78 is 12.7. The molecule has 35 heavy (non-hydrogen) atoms. The van der Waals surface area contributed by atoms with Gasteiger partial charge in [0.1, 0.15) is 18.2 Å². The molecular formula is C28H28IN3O3. The summed E-state index contributed by atoms with van der Waals surface area (Å²) in [4.78, 5) is 14.7. The molecule has 7 heteroatoms. The van der Waals surface area contributed by atoms with E-state index in [4.69, 9.17) is 9.47 Å². The van der Waals surface area contributed by atoms with E-state index in [1.54, 1.807) is 24.3 Å². The number of carbonyl (C=O) groups is 1. The van der Waals surface area contributed by atoms with Gasteiger partial charge in [0, 0.05) is 25.5 Å². The van der Waals surface area contributed by atoms with Crippen molar-refractivity contribution in [3.63, 3.8) is 0 Å². The molecule has 0 unspecified atom stereocenters. The van der Waals surface area contributed by atoms with Gasteiger partial charge in [-0.3, -0.25) is 4.79 Å². The number of carbonyl (C=O) groups excluding carboxylic acids is 1. The summed E-state index contributed by atoms with van der Waals surface area (Å²) in [6, 6.07) is 21.2. The predicted octanol–water partition coefficient (Wildman–Crippen LogP) is 6.19. The molecule has 3 aromatic carbocycles. The zero-order valence-corrected chi connectivity index (χ0v) is 22.4. The van der Waals surface area contributed by atoms with E-state index in [-0.39, 0.29) is 5.57 Å². The number of halogens is 1. The van der Waals surface area contributed by atoms with Crippen molar-refractivity contribution in [1.82, 2.24) is 0 Å². The van der Waals surface area contributed by atoms with Gasteiger partial charge in [-0.2, -0.15) is 5.26 Å². The Morgan fingerprint density at radius 3 is 2.37 bits per heavy atom. The van der Waals surface area contributed by atoms with E-state index in [1.165, 1.54) is 5.56 Å². The van der Waals surface area contributed by atoms with E-state index in [9.17, 15) is 10.1 Å². The Morgan fingerprint density at radius 1 is 1.09 bits per heavy atom. The number of nitrogens with one attached hydrogen (secondary N) is 1. The average Bonchev–Trinajstić information content (AvgIpc) is 2.83. The van der Waals surface area contributed by atoms with Crippen molar-refractivity contribution >= 4 is 45.9 Å². The second-order valence-electron chi connectivity index (χ2n) is 8.10. The predicted molar refractivity (Wildman–Crippen MR) is 149 cm³/mol. The van der Waals surface area contributed by atoms with Gasteiger partial charge >= 0.3 is 0 Å². The molecule has 3 rings (SSSR count). The quantitative estimate of drug-likeness (QED) is 0.185. The average molecular weight is 581 g/mol. The standard InChI is InChI=1S/C28H28IN3O3/c1-5-34-26-16-21(15-25(29)27(26)35-18-20-8-6-19(2)7-9-20)14-22(17-30)28(33)31-23-10-12-24(13-11-23)32(3)4/h6-16H,5,18H2,1-4H3,(H,31,33)/b22-14-. The summed E-state index contributed by atoms with van der Waals surface area (Å²) in [5.74, 6) is 0.724. The number of nitriles is 1. The van der Waals surface area contributed by atoms with Gasteiger partial charge in [0.2, 0.25) is 0 Å². The Hall–Kier alpha value is -3.51. The highest BCUT2D eigenvalue weighted by Gasteiger charge is 2.15. The Kier molecular flexibility index (Phi) is 9.15. The summed E-state index contributed by atoms with van der Waals surface area (Å²) in [7, 11) is 3.89. The number of nitrogens with zero attached hydrogens (tertiary/aromatic N) is 2. The third-order valence-electron chi connectivity index (χ3n) is 5.15. The van der Waals surface area contributed by atoms with Crippen LogP contribution in [0.2, 0.25) is 0 Å². The molecule has 1 N–H and O–H groups in total. The fraction of sp³-hybridized carbons (Fsp3) is 0.214. The summed E-state index contributed by atoms with van der Waals surface area (Å²) in [5.41, 5.74) is 4.55. The third-order valence-corrected chi connectivity index (χ3v) is 5.95. The smallest absolute Gasteiger partial charge is 0.266 e. The van der Waals surface area contributed by atoms with Gasteiger partial charge in [0.05, 0.1) is 10.2 Å². The third kappa shape index (κ3) is 7.23. The minimum Gasteiger partial charge on any atom is -0.490 e. The lowest BCUT2D eigenvalue weighted by molar-refractivity contribution is -0.112.